The van der Waals surface area contributed by atoms with E-state index in [1.165, 1.54) is 12.1 Å². The van der Waals surface area contributed by atoms with E-state index < -0.39 is 11.8 Å². The second-order valence-corrected chi connectivity index (χ2v) is 9.26. The summed E-state index contributed by atoms with van der Waals surface area (Å²) >= 11 is 4.33. The second-order valence-electron chi connectivity index (χ2n) is 8.89. The summed E-state index contributed by atoms with van der Waals surface area (Å²) in [4.78, 5) is 28.7. The maximum atomic E-state index is 15.1. The van der Waals surface area contributed by atoms with E-state index in [0.717, 1.165) is 12.8 Å². The molecule has 0 saturated heterocycles. The SMILES string of the molecule is CCCn1nc(C(=O)NC(CS)CC(C)C)nc1Cc1ccc(-c2ccccc2C(=O)O)cc1F. The van der Waals surface area contributed by atoms with E-state index in [2.05, 4.69) is 41.9 Å². The van der Waals surface area contributed by atoms with Crippen molar-refractivity contribution in [1.29, 1.82) is 0 Å². The van der Waals surface area contributed by atoms with Crippen LogP contribution in [-0.4, -0.2) is 43.5 Å². The Labute approximate surface area is 210 Å². The van der Waals surface area contributed by atoms with E-state index in [1.54, 1.807) is 35.0 Å². The zero-order valence-electron chi connectivity index (χ0n) is 20.2. The minimum absolute atomic E-state index is 0.0522. The minimum atomic E-state index is -1.07. The van der Waals surface area contributed by atoms with Crippen molar-refractivity contribution in [3.8, 4) is 11.1 Å². The summed E-state index contributed by atoms with van der Waals surface area (Å²) in [5, 5.41) is 16.7. The lowest BCUT2D eigenvalue weighted by Crippen LogP contribution is -2.37. The van der Waals surface area contributed by atoms with Crippen LogP contribution in [0.2, 0.25) is 0 Å². The zero-order valence-corrected chi connectivity index (χ0v) is 21.1. The standard InChI is InChI=1S/C26H31FN4O3S/c1-4-11-31-23(29-24(30-31)25(32)28-19(15-35)12-16(2)3)14-18-10-9-17(13-22(18)27)20-7-5-6-8-21(20)26(33)34/h5-10,13,16,19,35H,4,11-12,14-15H2,1-3H3,(H,28,32)(H,33,34). The number of nitrogens with one attached hydrogen (secondary N) is 1. The van der Waals surface area contributed by atoms with E-state index >= 15 is 4.39 Å². The van der Waals surface area contributed by atoms with Crippen molar-refractivity contribution < 1.29 is 19.1 Å². The molecule has 0 bridgehead atoms. The highest BCUT2D eigenvalue weighted by Gasteiger charge is 2.21. The average molecular weight is 499 g/mol. The summed E-state index contributed by atoms with van der Waals surface area (Å²) < 4.78 is 16.7. The maximum Gasteiger partial charge on any atom is 0.336 e. The predicted octanol–water partition coefficient (Wildman–Crippen LogP) is 4.86. The summed E-state index contributed by atoms with van der Waals surface area (Å²) in [5.41, 5.74) is 1.40. The third-order valence-electron chi connectivity index (χ3n) is 5.57. The van der Waals surface area contributed by atoms with Gasteiger partial charge in [0.05, 0.1) is 5.56 Å². The summed E-state index contributed by atoms with van der Waals surface area (Å²) in [6.45, 7) is 6.69. The number of halogens is 1. The summed E-state index contributed by atoms with van der Waals surface area (Å²) in [6, 6.07) is 11.0. The van der Waals surface area contributed by atoms with Crippen molar-refractivity contribution in [3.05, 3.63) is 71.1 Å². The lowest BCUT2D eigenvalue weighted by Gasteiger charge is -2.17. The first-order valence-electron chi connectivity index (χ1n) is 11.7. The molecule has 186 valence electrons. The lowest BCUT2D eigenvalue weighted by molar-refractivity contribution is 0.0697. The van der Waals surface area contributed by atoms with Crippen molar-refractivity contribution in [2.75, 3.05) is 5.75 Å². The van der Waals surface area contributed by atoms with Crippen LogP contribution in [-0.2, 0) is 13.0 Å². The smallest absolute Gasteiger partial charge is 0.336 e. The first kappa shape index (κ1) is 26.4. The topological polar surface area (TPSA) is 97.1 Å². The van der Waals surface area contributed by atoms with Gasteiger partial charge in [0, 0.05) is 24.8 Å². The van der Waals surface area contributed by atoms with Gasteiger partial charge in [-0.25, -0.2) is 18.9 Å². The van der Waals surface area contributed by atoms with Gasteiger partial charge in [0.2, 0.25) is 5.82 Å². The number of benzene rings is 2. The number of carboxylic acids is 1. The molecule has 3 rings (SSSR count). The maximum absolute atomic E-state index is 15.1. The van der Waals surface area contributed by atoms with Crippen LogP contribution in [0.3, 0.4) is 0 Å². The molecule has 0 aliphatic rings. The molecule has 1 heterocycles. The average Bonchev–Trinajstić information content (AvgIpc) is 3.22. The molecule has 2 aromatic carbocycles. The highest BCUT2D eigenvalue weighted by atomic mass is 32.1. The molecule has 1 unspecified atom stereocenters. The monoisotopic (exact) mass is 498 g/mol. The fourth-order valence-corrected chi connectivity index (χ4v) is 4.18. The Morgan fingerprint density at radius 1 is 1.20 bits per heavy atom. The van der Waals surface area contributed by atoms with Gasteiger partial charge in [0.15, 0.2) is 0 Å². The molecule has 35 heavy (non-hydrogen) atoms. The van der Waals surface area contributed by atoms with Crippen LogP contribution in [0.1, 0.15) is 66.0 Å². The molecule has 1 atom stereocenters. The molecule has 7 nitrogen and oxygen atoms in total. The van der Waals surface area contributed by atoms with Crippen molar-refractivity contribution in [3.63, 3.8) is 0 Å². The number of carboxylic acid groups (broad SMARTS) is 1. The lowest BCUT2D eigenvalue weighted by atomic mass is 9.97. The molecule has 3 aromatic rings. The summed E-state index contributed by atoms with van der Waals surface area (Å²) in [5.74, 6) is -0.472. The second kappa shape index (κ2) is 12.0. The van der Waals surface area contributed by atoms with Crippen LogP contribution in [0.15, 0.2) is 42.5 Å². The van der Waals surface area contributed by atoms with E-state index in [9.17, 15) is 14.7 Å². The Morgan fingerprint density at radius 3 is 2.57 bits per heavy atom. The van der Waals surface area contributed by atoms with Crippen LogP contribution >= 0.6 is 12.6 Å². The Morgan fingerprint density at radius 2 is 1.94 bits per heavy atom. The molecular weight excluding hydrogens is 467 g/mol. The van der Waals surface area contributed by atoms with Crippen molar-refractivity contribution in [2.24, 2.45) is 5.92 Å². The minimum Gasteiger partial charge on any atom is -0.478 e. The number of hydrogen-bond acceptors (Lipinski definition) is 5. The van der Waals surface area contributed by atoms with E-state index in [-0.39, 0.29) is 29.8 Å². The van der Waals surface area contributed by atoms with Crippen LogP contribution in [0.5, 0.6) is 0 Å². The molecule has 1 aromatic heterocycles. The molecule has 1 amide bonds. The molecular formula is C26H31FN4O3S. The van der Waals surface area contributed by atoms with Crippen molar-refractivity contribution >= 4 is 24.5 Å². The van der Waals surface area contributed by atoms with Crippen molar-refractivity contribution in [2.45, 2.75) is 52.6 Å². The van der Waals surface area contributed by atoms with Gasteiger partial charge in [-0.2, -0.15) is 12.6 Å². The number of hydrogen-bond donors (Lipinski definition) is 3. The Bertz CT molecular complexity index is 1200. The zero-order chi connectivity index (χ0) is 25.5. The number of thiol groups is 1. The number of aromatic nitrogens is 3. The van der Waals surface area contributed by atoms with Gasteiger partial charge in [-0.3, -0.25) is 4.79 Å². The molecule has 0 radical (unpaired) electrons. The van der Waals surface area contributed by atoms with Crippen molar-refractivity contribution in [1.82, 2.24) is 20.1 Å². The highest BCUT2D eigenvalue weighted by molar-refractivity contribution is 7.80. The third kappa shape index (κ3) is 6.69. The van der Waals surface area contributed by atoms with Gasteiger partial charge in [-0.1, -0.05) is 51.1 Å². The van der Waals surface area contributed by atoms with Crippen LogP contribution in [0.4, 0.5) is 4.39 Å². The van der Waals surface area contributed by atoms with E-state index in [0.29, 0.717) is 40.7 Å². The third-order valence-corrected chi connectivity index (χ3v) is 6.01. The number of carbonyl (C=O) groups is 2. The number of rotatable bonds is 11. The highest BCUT2D eigenvalue weighted by Crippen LogP contribution is 2.26. The Balaban J connectivity index is 1.85. The molecule has 9 heteroatoms. The fraction of sp³-hybridized carbons (Fsp3) is 0.385. The molecule has 0 fully saturated rings. The van der Waals surface area contributed by atoms with Gasteiger partial charge >= 0.3 is 5.97 Å². The van der Waals surface area contributed by atoms with E-state index in [4.69, 9.17) is 0 Å². The normalized spacial score (nSPS) is 12.1. The Kier molecular flexibility index (Phi) is 9.03. The largest absolute Gasteiger partial charge is 0.478 e. The fourth-order valence-electron chi connectivity index (χ4n) is 3.94. The first-order valence-corrected chi connectivity index (χ1v) is 12.3. The van der Waals surface area contributed by atoms with Crippen LogP contribution < -0.4 is 5.32 Å². The molecule has 0 aliphatic heterocycles. The number of amides is 1. The van der Waals surface area contributed by atoms with Gasteiger partial charge in [-0.15, -0.1) is 5.10 Å². The number of carbonyl (C=O) groups excluding carboxylic acids is 1. The molecule has 0 spiro atoms. The number of nitrogens with zero attached hydrogens (tertiary/aromatic N) is 3. The number of aromatic carboxylic acids is 1. The van der Waals surface area contributed by atoms with Gasteiger partial charge < -0.3 is 10.4 Å². The summed E-state index contributed by atoms with van der Waals surface area (Å²) in [7, 11) is 0. The predicted molar refractivity (Wildman–Crippen MR) is 136 cm³/mol. The number of aryl methyl sites for hydroxylation is 1. The quantitative estimate of drug-likeness (QED) is 0.328. The molecule has 2 N–H and O–H groups in total. The van der Waals surface area contributed by atoms with Crippen LogP contribution in [0, 0.1) is 11.7 Å². The summed E-state index contributed by atoms with van der Waals surface area (Å²) in [6.07, 6.45) is 1.71. The van der Waals surface area contributed by atoms with E-state index in [1.807, 2.05) is 6.92 Å². The molecule has 0 aliphatic carbocycles. The van der Waals surface area contributed by atoms with Gasteiger partial charge in [0.1, 0.15) is 11.6 Å². The van der Waals surface area contributed by atoms with Gasteiger partial charge in [0.25, 0.3) is 5.91 Å². The van der Waals surface area contributed by atoms with Gasteiger partial charge in [-0.05, 0) is 47.6 Å². The first-order chi connectivity index (χ1) is 16.7. The Hall–Kier alpha value is -3.20. The molecule has 0 saturated carbocycles. The van der Waals surface area contributed by atoms with Crippen LogP contribution in [0.25, 0.3) is 11.1 Å².